The van der Waals surface area contributed by atoms with Crippen LogP contribution in [0.4, 0.5) is 0 Å². The SMILES string of the molecule is Cn1ncc2c(SCCCO)c(C(=O)O)cnc21. The van der Waals surface area contributed by atoms with E-state index in [4.69, 9.17) is 10.2 Å². The maximum atomic E-state index is 11.2. The van der Waals surface area contributed by atoms with E-state index in [1.165, 1.54) is 18.0 Å². The molecule has 6 nitrogen and oxygen atoms in total. The van der Waals surface area contributed by atoms with Crippen LogP contribution < -0.4 is 0 Å². The smallest absolute Gasteiger partial charge is 0.338 e. The van der Waals surface area contributed by atoms with Crippen molar-refractivity contribution in [1.29, 1.82) is 0 Å². The zero-order valence-corrected chi connectivity index (χ0v) is 10.6. The van der Waals surface area contributed by atoms with E-state index in [-0.39, 0.29) is 12.2 Å². The molecule has 0 bridgehead atoms. The number of aromatic carboxylic acids is 1. The van der Waals surface area contributed by atoms with E-state index >= 15 is 0 Å². The summed E-state index contributed by atoms with van der Waals surface area (Å²) in [5, 5.41) is 22.8. The number of carboxylic acids is 1. The second-order valence-corrected chi connectivity index (χ2v) is 4.84. The quantitative estimate of drug-likeness (QED) is 0.624. The summed E-state index contributed by atoms with van der Waals surface area (Å²) in [5.41, 5.74) is 0.838. The maximum absolute atomic E-state index is 11.2. The summed E-state index contributed by atoms with van der Waals surface area (Å²) in [5.74, 6) is -0.343. The van der Waals surface area contributed by atoms with Gasteiger partial charge in [-0.15, -0.1) is 11.8 Å². The van der Waals surface area contributed by atoms with Crippen LogP contribution in [0.5, 0.6) is 0 Å². The van der Waals surface area contributed by atoms with Crippen LogP contribution in [-0.4, -0.2) is 43.3 Å². The van der Waals surface area contributed by atoms with Gasteiger partial charge in [0.25, 0.3) is 0 Å². The van der Waals surface area contributed by atoms with E-state index in [9.17, 15) is 4.79 Å². The molecule has 18 heavy (non-hydrogen) atoms. The van der Waals surface area contributed by atoms with Crippen molar-refractivity contribution in [2.24, 2.45) is 7.05 Å². The average molecular weight is 267 g/mol. The lowest BCUT2D eigenvalue weighted by Gasteiger charge is -2.06. The van der Waals surface area contributed by atoms with Gasteiger partial charge in [0, 0.05) is 30.5 Å². The summed E-state index contributed by atoms with van der Waals surface area (Å²) in [6.07, 6.45) is 3.59. The van der Waals surface area contributed by atoms with Crippen molar-refractivity contribution >= 4 is 28.8 Å². The number of thioether (sulfide) groups is 1. The Bertz CT molecular complexity index is 582. The highest BCUT2D eigenvalue weighted by molar-refractivity contribution is 7.99. The summed E-state index contributed by atoms with van der Waals surface area (Å²) in [6, 6.07) is 0. The van der Waals surface area contributed by atoms with Gasteiger partial charge < -0.3 is 10.2 Å². The first-order valence-electron chi connectivity index (χ1n) is 5.42. The fraction of sp³-hybridized carbons (Fsp3) is 0.364. The Labute approximate surface area is 108 Å². The molecule has 2 rings (SSSR count). The Hall–Kier alpha value is -1.60. The van der Waals surface area contributed by atoms with Crippen molar-refractivity contribution < 1.29 is 15.0 Å². The minimum absolute atomic E-state index is 0.0939. The summed E-state index contributed by atoms with van der Waals surface area (Å²) in [6.45, 7) is 0.0939. The van der Waals surface area contributed by atoms with Gasteiger partial charge in [0.15, 0.2) is 5.65 Å². The molecule has 96 valence electrons. The Kier molecular flexibility index (Phi) is 3.83. The number of carbonyl (C=O) groups is 1. The number of aryl methyl sites for hydroxylation is 1. The summed E-state index contributed by atoms with van der Waals surface area (Å²) in [7, 11) is 1.76. The van der Waals surface area contributed by atoms with Crippen LogP contribution in [0, 0.1) is 0 Å². The number of aromatic nitrogens is 3. The number of hydrogen-bond donors (Lipinski definition) is 2. The Balaban J connectivity index is 2.48. The molecule has 0 amide bonds. The van der Waals surface area contributed by atoms with Crippen LogP contribution in [0.1, 0.15) is 16.8 Å². The van der Waals surface area contributed by atoms with Gasteiger partial charge in [-0.1, -0.05) is 0 Å². The number of nitrogens with zero attached hydrogens (tertiary/aromatic N) is 3. The number of aliphatic hydroxyl groups is 1. The molecule has 0 aliphatic heterocycles. The average Bonchev–Trinajstić information content (AvgIpc) is 2.72. The maximum Gasteiger partial charge on any atom is 0.338 e. The minimum atomic E-state index is -1.00. The lowest BCUT2D eigenvalue weighted by Crippen LogP contribution is -2.02. The van der Waals surface area contributed by atoms with Gasteiger partial charge in [0.05, 0.1) is 17.1 Å². The Morgan fingerprint density at radius 2 is 2.28 bits per heavy atom. The molecule has 0 saturated heterocycles. The second-order valence-electron chi connectivity index (χ2n) is 3.74. The van der Waals surface area contributed by atoms with Gasteiger partial charge in [-0.3, -0.25) is 4.68 Å². The predicted octanol–water partition coefficient (Wildman–Crippen LogP) is 1.14. The number of aliphatic hydroxyl groups excluding tert-OH is 1. The molecule has 0 atom stereocenters. The zero-order valence-electron chi connectivity index (χ0n) is 9.83. The summed E-state index contributed by atoms with van der Waals surface area (Å²) < 4.78 is 1.61. The molecule has 0 radical (unpaired) electrons. The number of fused-ring (bicyclic) bond motifs is 1. The summed E-state index contributed by atoms with van der Waals surface area (Å²) in [4.78, 5) is 15.9. The van der Waals surface area contributed by atoms with Crippen molar-refractivity contribution in [2.45, 2.75) is 11.3 Å². The van der Waals surface area contributed by atoms with Crippen molar-refractivity contribution in [1.82, 2.24) is 14.8 Å². The van der Waals surface area contributed by atoms with E-state index in [1.54, 1.807) is 17.9 Å². The van der Waals surface area contributed by atoms with Gasteiger partial charge in [0.2, 0.25) is 0 Å². The van der Waals surface area contributed by atoms with Gasteiger partial charge in [0.1, 0.15) is 0 Å². The topological polar surface area (TPSA) is 88.2 Å². The fourth-order valence-corrected chi connectivity index (χ4v) is 2.69. The van der Waals surface area contributed by atoms with Crippen LogP contribution in [0.15, 0.2) is 17.3 Å². The number of carboxylic acid groups (broad SMARTS) is 1. The van der Waals surface area contributed by atoms with Gasteiger partial charge in [-0.05, 0) is 6.42 Å². The van der Waals surface area contributed by atoms with Crippen LogP contribution in [0.3, 0.4) is 0 Å². The number of pyridine rings is 1. The molecule has 0 unspecified atom stereocenters. The first-order chi connectivity index (χ1) is 8.65. The van der Waals surface area contributed by atoms with Crippen molar-refractivity contribution in [3.63, 3.8) is 0 Å². The van der Waals surface area contributed by atoms with E-state index in [0.717, 1.165) is 5.39 Å². The third-order valence-corrected chi connectivity index (χ3v) is 3.71. The molecule has 0 aliphatic carbocycles. The van der Waals surface area contributed by atoms with Crippen molar-refractivity contribution in [3.05, 3.63) is 18.0 Å². The number of rotatable bonds is 5. The lowest BCUT2D eigenvalue weighted by atomic mass is 10.2. The van der Waals surface area contributed by atoms with Gasteiger partial charge in [-0.2, -0.15) is 5.10 Å². The molecule has 0 aromatic carbocycles. The Morgan fingerprint density at radius 1 is 1.50 bits per heavy atom. The second kappa shape index (κ2) is 5.36. The van der Waals surface area contributed by atoms with Crippen LogP contribution >= 0.6 is 11.8 Å². The highest BCUT2D eigenvalue weighted by Gasteiger charge is 2.16. The largest absolute Gasteiger partial charge is 0.478 e. The first-order valence-corrected chi connectivity index (χ1v) is 6.41. The van der Waals surface area contributed by atoms with Crippen LogP contribution in [-0.2, 0) is 7.05 Å². The third-order valence-electron chi connectivity index (χ3n) is 2.49. The predicted molar refractivity (Wildman–Crippen MR) is 67.9 cm³/mol. The zero-order chi connectivity index (χ0) is 13.1. The fourth-order valence-electron chi connectivity index (χ4n) is 1.62. The first kappa shape index (κ1) is 12.8. The molecule has 2 heterocycles. The molecular weight excluding hydrogens is 254 g/mol. The normalized spacial score (nSPS) is 11.0. The monoisotopic (exact) mass is 267 g/mol. The van der Waals surface area contributed by atoms with E-state index in [1.807, 2.05) is 0 Å². The highest BCUT2D eigenvalue weighted by Crippen LogP contribution is 2.30. The van der Waals surface area contributed by atoms with Crippen molar-refractivity contribution in [3.8, 4) is 0 Å². The van der Waals surface area contributed by atoms with Crippen molar-refractivity contribution in [2.75, 3.05) is 12.4 Å². The number of hydrogen-bond acceptors (Lipinski definition) is 5. The molecule has 2 aromatic rings. The molecule has 2 N–H and O–H groups in total. The molecule has 0 fully saturated rings. The summed E-state index contributed by atoms with van der Waals surface area (Å²) >= 11 is 1.41. The van der Waals surface area contributed by atoms with Gasteiger partial charge in [-0.25, -0.2) is 9.78 Å². The molecule has 0 saturated carbocycles. The molecule has 7 heteroatoms. The molecule has 2 aromatic heterocycles. The molecule has 0 aliphatic rings. The molecule has 0 spiro atoms. The minimum Gasteiger partial charge on any atom is -0.478 e. The highest BCUT2D eigenvalue weighted by atomic mass is 32.2. The van der Waals surface area contributed by atoms with Gasteiger partial charge >= 0.3 is 5.97 Å². The van der Waals surface area contributed by atoms with E-state index < -0.39 is 5.97 Å². The third kappa shape index (κ3) is 2.32. The Morgan fingerprint density at radius 3 is 2.94 bits per heavy atom. The van der Waals surface area contributed by atoms with Crippen LogP contribution in [0.25, 0.3) is 11.0 Å². The standard InChI is InChI=1S/C11H13N3O3S/c1-14-10-7(6-13-14)9(18-4-2-3-15)8(5-12-10)11(16)17/h5-6,15H,2-4H2,1H3,(H,16,17). The lowest BCUT2D eigenvalue weighted by molar-refractivity contribution is 0.0693. The van der Waals surface area contributed by atoms with E-state index in [2.05, 4.69) is 10.1 Å². The molecular formula is C11H13N3O3S. The van der Waals surface area contributed by atoms with E-state index in [0.29, 0.717) is 22.7 Å². The van der Waals surface area contributed by atoms with Crippen LogP contribution in [0.2, 0.25) is 0 Å².